The van der Waals surface area contributed by atoms with Crippen molar-refractivity contribution in [1.29, 1.82) is 0 Å². The molecule has 0 saturated heterocycles. The van der Waals surface area contributed by atoms with E-state index in [1.807, 2.05) is 16.0 Å². The third kappa shape index (κ3) is 10.9. The lowest BCUT2D eigenvalue weighted by molar-refractivity contribution is -0.143. The van der Waals surface area contributed by atoms with Gasteiger partial charge in [0.15, 0.2) is 0 Å². The zero-order chi connectivity index (χ0) is 22.7. The van der Waals surface area contributed by atoms with Gasteiger partial charge in [-0.3, -0.25) is 33.6 Å². The maximum atomic E-state index is 12.3. The van der Waals surface area contributed by atoms with E-state index < -0.39 is 85.5 Å². The molecule has 29 heavy (non-hydrogen) atoms. The molecule has 15 nitrogen and oxygen atoms in total. The zero-order valence-corrected chi connectivity index (χ0v) is 14.9. The van der Waals surface area contributed by atoms with Gasteiger partial charge in [-0.2, -0.15) is 0 Å². The van der Waals surface area contributed by atoms with Gasteiger partial charge in [-0.15, -0.1) is 0 Å². The van der Waals surface area contributed by atoms with Gasteiger partial charge in [0.25, 0.3) is 0 Å². The fourth-order valence-electron chi connectivity index (χ4n) is 1.91. The normalized spacial score (nSPS) is 13.3. The summed E-state index contributed by atoms with van der Waals surface area (Å²) in [6.45, 7) is -0.830. The summed E-state index contributed by atoms with van der Waals surface area (Å²) in [5.74, 6) is -8.85. The minimum absolute atomic E-state index is 0.747. The molecule has 0 radical (unpaired) electrons. The Balaban J connectivity index is 5.30. The van der Waals surface area contributed by atoms with Crippen molar-refractivity contribution in [2.75, 3.05) is 6.54 Å². The standard InChI is InChI=1S/C14H21N5O10/c15-5(1-9(21)22)12(27)18-7(3-10(23)24)14(29)19-6(2-8(16)20)13(28)17-4-11(25)26/h5-7H,1-4,15H2,(H2,16,20)(H,17,28)(H,18,27)(H,19,29)(H,21,22)(H,23,24)(H,25,26). The molecule has 0 heterocycles. The number of aliphatic carboxylic acids is 3. The summed E-state index contributed by atoms with van der Waals surface area (Å²) in [5, 5.41) is 31.9. The molecular weight excluding hydrogens is 398 g/mol. The van der Waals surface area contributed by atoms with E-state index in [1.54, 1.807) is 0 Å². The lowest BCUT2D eigenvalue weighted by Gasteiger charge is -2.22. The van der Waals surface area contributed by atoms with Crippen LogP contribution in [0.15, 0.2) is 0 Å². The first-order valence-corrected chi connectivity index (χ1v) is 7.91. The van der Waals surface area contributed by atoms with Gasteiger partial charge in [0.1, 0.15) is 18.6 Å². The largest absolute Gasteiger partial charge is 0.481 e. The number of nitrogens with one attached hydrogen (secondary N) is 3. The molecule has 0 aromatic heterocycles. The second-order valence-electron chi connectivity index (χ2n) is 5.71. The average Bonchev–Trinajstić information content (AvgIpc) is 2.56. The van der Waals surface area contributed by atoms with E-state index in [2.05, 4.69) is 0 Å². The molecule has 0 aliphatic carbocycles. The lowest BCUT2D eigenvalue weighted by Crippen LogP contribution is -2.57. The van der Waals surface area contributed by atoms with Crippen LogP contribution < -0.4 is 27.4 Å². The molecular formula is C14H21N5O10. The first-order valence-electron chi connectivity index (χ1n) is 7.91. The van der Waals surface area contributed by atoms with Crippen LogP contribution in [-0.2, 0) is 33.6 Å². The van der Waals surface area contributed by atoms with Crippen LogP contribution in [-0.4, -0.2) is 81.5 Å². The lowest BCUT2D eigenvalue weighted by atomic mass is 10.1. The van der Waals surface area contributed by atoms with Crippen LogP contribution in [0.3, 0.4) is 0 Å². The summed E-state index contributed by atoms with van der Waals surface area (Å²) >= 11 is 0. The zero-order valence-electron chi connectivity index (χ0n) is 14.9. The summed E-state index contributed by atoms with van der Waals surface area (Å²) in [6.07, 6.45) is -2.50. The highest BCUT2D eigenvalue weighted by atomic mass is 16.4. The molecule has 0 spiro atoms. The van der Waals surface area contributed by atoms with E-state index in [-0.39, 0.29) is 0 Å². The molecule has 0 aliphatic rings. The van der Waals surface area contributed by atoms with E-state index in [4.69, 9.17) is 26.8 Å². The molecule has 4 amide bonds. The fraction of sp³-hybridized carbons (Fsp3) is 0.500. The first kappa shape index (κ1) is 25.2. The number of hydrogen-bond acceptors (Lipinski definition) is 8. The minimum atomic E-state index is -1.78. The third-order valence-corrected chi connectivity index (χ3v) is 3.20. The molecule has 15 heteroatoms. The van der Waals surface area contributed by atoms with Crippen molar-refractivity contribution in [2.45, 2.75) is 37.4 Å². The van der Waals surface area contributed by atoms with Gasteiger partial charge >= 0.3 is 17.9 Å². The number of hydrogen-bond donors (Lipinski definition) is 8. The Kier molecular flexibility index (Phi) is 10.3. The minimum Gasteiger partial charge on any atom is -0.481 e. The van der Waals surface area contributed by atoms with Gasteiger partial charge in [0.2, 0.25) is 23.6 Å². The van der Waals surface area contributed by atoms with Crippen molar-refractivity contribution in [3.05, 3.63) is 0 Å². The second-order valence-corrected chi connectivity index (χ2v) is 5.71. The molecule has 0 fully saturated rings. The van der Waals surface area contributed by atoms with Gasteiger partial charge in [-0.1, -0.05) is 0 Å². The molecule has 3 atom stereocenters. The predicted molar refractivity (Wildman–Crippen MR) is 90.8 cm³/mol. The molecule has 0 aliphatic heterocycles. The molecule has 162 valence electrons. The topological polar surface area (TPSA) is 268 Å². The van der Waals surface area contributed by atoms with Crippen LogP contribution in [0.4, 0.5) is 0 Å². The van der Waals surface area contributed by atoms with Crippen molar-refractivity contribution in [3.63, 3.8) is 0 Å². The van der Waals surface area contributed by atoms with Crippen molar-refractivity contribution in [2.24, 2.45) is 11.5 Å². The first-order chi connectivity index (χ1) is 13.3. The highest BCUT2D eigenvalue weighted by molar-refractivity contribution is 5.97. The van der Waals surface area contributed by atoms with E-state index in [1.165, 1.54) is 0 Å². The summed E-state index contributed by atoms with van der Waals surface area (Å²) in [5.41, 5.74) is 10.3. The highest BCUT2D eigenvalue weighted by Crippen LogP contribution is 2.00. The summed E-state index contributed by atoms with van der Waals surface area (Å²) < 4.78 is 0. The monoisotopic (exact) mass is 419 g/mol. The molecule has 10 N–H and O–H groups in total. The van der Waals surface area contributed by atoms with Gasteiger partial charge < -0.3 is 42.7 Å². The Bertz CT molecular complexity index is 694. The summed E-state index contributed by atoms with van der Waals surface area (Å²) in [4.78, 5) is 79.2. The number of rotatable bonds is 13. The highest BCUT2D eigenvalue weighted by Gasteiger charge is 2.31. The van der Waals surface area contributed by atoms with Crippen molar-refractivity contribution in [3.8, 4) is 0 Å². The summed E-state index contributed by atoms with van der Waals surface area (Å²) in [6, 6.07) is -5.01. The predicted octanol–water partition coefficient (Wildman–Crippen LogP) is -4.69. The number of carbonyl (C=O) groups excluding carboxylic acids is 4. The van der Waals surface area contributed by atoms with E-state index in [0.29, 0.717) is 0 Å². The number of primary amides is 1. The number of carbonyl (C=O) groups is 7. The van der Waals surface area contributed by atoms with Crippen molar-refractivity contribution in [1.82, 2.24) is 16.0 Å². The Morgan fingerprint density at radius 1 is 0.690 bits per heavy atom. The molecule has 0 bridgehead atoms. The van der Waals surface area contributed by atoms with E-state index >= 15 is 0 Å². The quantitative estimate of drug-likeness (QED) is 0.140. The van der Waals surface area contributed by atoms with Gasteiger partial charge in [-0.25, -0.2) is 0 Å². The van der Waals surface area contributed by atoms with Crippen LogP contribution in [0.2, 0.25) is 0 Å². The Morgan fingerprint density at radius 3 is 1.62 bits per heavy atom. The smallest absolute Gasteiger partial charge is 0.322 e. The molecule has 0 saturated carbocycles. The summed E-state index contributed by atoms with van der Waals surface area (Å²) in [7, 11) is 0. The second kappa shape index (κ2) is 11.9. The molecule has 0 rings (SSSR count). The van der Waals surface area contributed by atoms with Crippen LogP contribution >= 0.6 is 0 Å². The number of carboxylic acid groups (broad SMARTS) is 3. The fourth-order valence-corrected chi connectivity index (χ4v) is 1.91. The average molecular weight is 419 g/mol. The van der Waals surface area contributed by atoms with E-state index in [9.17, 15) is 33.6 Å². The van der Waals surface area contributed by atoms with Crippen LogP contribution in [0.5, 0.6) is 0 Å². The Hall–Kier alpha value is -3.75. The molecule has 0 aromatic rings. The number of carboxylic acids is 3. The maximum absolute atomic E-state index is 12.3. The number of amides is 4. The van der Waals surface area contributed by atoms with Crippen LogP contribution in [0.25, 0.3) is 0 Å². The SMILES string of the molecule is NC(=O)CC(NC(=O)C(CC(=O)O)NC(=O)C(N)CC(=O)O)C(=O)NCC(=O)O. The number of nitrogens with two attached hydrogens (primary N) is 2. The maximum Gasteiger partial charge on any atom is 0.322 e. The Morgan fingerprint density at radius 2 is 1.17 bits per heavy atom. The van der Waals surface area contributed by atoms with Gasteiger partial charge in [0, 0.05) is 0 Å². The van der Waals surface area contributed by atoms with Crippen molar-refractivity contribution < 1.29 is 48.9 Å². The Labute approximate surface area is 162 Å². The van der Waals surface area contributed by atoms with Crippen LogP contribution in [0, 0.1) is 0 Å². The molecule has 3 unspecified atom stereocenters. The van der Waals surface area contributed by atoms with Crippen molar-refractivity contribution >= 4 is 41.5 Å². The van der Waals surface area contributed by atoms with E-state index in [0.717, 1.165) is 0 Å². The molecule has 0 aromatic carbocycles. The van der Waals surface area contributed by atoms with Crippen LogP contribution in [0.1, 0.15) is 19.3 Å². The van der Waals surface area contributed by atoms with Gasteiger partial charge in [-0.05, 0) is 0 Å². The third-order valence-electron chi connectivity index (χ3n) is 3.20. The van der Waals surface area contributed by atoms with Gasteiger partial charge in [0.05, 0.1) is 25.3 Å².